The Bertz CT molecular complexity index is 584. The van der Waals surface area contributed by atoms with E-state index in [1.807, 2.05) is 48.5 Å². The van der Waals surface area contributed by atoms with Gasteiger partial charge in [0.15, 0.2) is 0 Å². The summed E-state index contributed by atoms with van der Waals surface area (Å²) in [6.07, 6.45) is 2.54. The Hall–Kier alpha value is -2.40. The van der Waals surface area contributed by atoms with Crippen molar-refractivity contribution in [1.29, 1.82) is 0 Å². The van der Waals surface area contributed by atoms with E-state index in [4.69, 9.17) is 5.73 Å². The second-order valence-electron chi connectivity index (χ2n) is 5.32. The zero-order valence-corrected chi connectivity index (χ0v) is 12.8. The molecule has 22 heavy (non-hydrogen) atoms. The lowest BCUT2D eigenvalue weighted by Gasteiger charge is -2.24. The number of carbonyl (C=O) groups excluding carboxylic acids is 1. The van der Waals surface area contributed by atoms with Crippen molar-refractivity contribution in [2.75, 3.05) is 18.4 Å². The van der Waals surface area contributed by atoms with Gasteiger partial charge < -0.3 is 16.4 Å². The standard InChI is InChI=1S/C17H22N4O/c1-17(18,14-8-3-2-4-9-14)16(22)21-13-7-12-20-15-10-5-6-11-19-15/h2-6,8-11H,7,12-13,18H2,1H3,(H,19,20)(H,21,22). The number of hydrogen-bond acceptors (Lipinski definition) is 4. The van der Waals surface area contributed by atoms with Gasteiger partial charge in [0.25, 0.3) is 0 Å². The number of benzene rings is 1. The summed E-state index contributed by atoms with van der Waals surface area (Å²) in [4.78, 5) is 16.4. The third-order valence-electron chi connectivity index (χ3n) is 3.46. The van der Waals surface area contributed by atoms with E-state index in [1.165, 1.54) is 0 Å². The number of carbonyl (C=O) groups is 1. The summed E-state index contributed by atoms with van der Waals surface area (Å²) in [5.74, 6) is 0.665. The highest BCUT2D eigenvalue weighted by Crippen LogP contribution is 2.17. The van der Waals surface area contributed by atoms with E-state index >= 15 is 0 Å². The molecule has 1 unspecified atom stereocenters. The minimum absolute atomic E-state index is 0.170. The van der Waals surface area contributed by atoms with Crippen molar-refractivity contribution in [3.8, 4) is 0 Å². The van der Waals surface area contributed by atoms with Gasteiger partial charge in [0.1, 0.15) is 11.4 Å². The van der Waals surface area contributed by atoms with Crippen molar-refractivity contribution >= 4 is 11.7 Å². The third kappa shape index (κ3) is 4.30. The summed E-state index contributed by atoms with van der Waals surface area (Å²) < 4.78 is 0. The molecule has 1 heterocycles. The average Bonchev–Trinajstić information content (AvgIpc) is 2.56. The fraction of sp³-hybridized carbons (Fsp3) is 0.294. The van der Waals surface area contributed by atoms with Crippen LogP contribution in [0, 0.1) is 0 Å². The molecule has 5 nitrogen and oxygen atoms in total. The SMILES string of the molecule is CC(N)(C(=O)NCCCNc1ccccn1)c1ccccc1. The number of pyridine rings is 1. The fourth-order valence-corrected chi connectivity index (χ4v) is 2.07. The molecule has 2 aromatic rings. The van der Waals surface area contributed by atoms with E-state index < -0.39 is 5.54 Å². The Morgan fingerprint density at radius 2 is 1.86 bits per heavy atom. The van der Waals surface area contributed by atoms with Crippen LogP contribution in [-0.4, -0.2) is 24.0 Å². The summed E-state index contributed by atoms with van der Waals surface area (Å²) in [7, 11) is 0. The number of rotatable bonds is 7. The Labute approximate surface area is 130 Å². The van der Waals surface area contributed by atoms with Crippen LogP contribution in [0.15, 0.2) is 54.7 Å². The molecule has 1 aromatic carbocycles. The largest absolute Gasteiger partial charge is 0.370 e. The van der Waals surface area contributed by atoms with E-state index in [2.05, 4.69) is 15.6 Å². The van der Waals surface area contributed by atoms with E-state index in [1.54, 1.807) is 13.1 Å². The first-order valence-corrected chi connectivity index (χ1v) is 7.38. The van der Waals surface area contributed by atoms with Crippen LogP contribution in [0.1, 0.15) is 18.9 Å². The van der Waals surface area contributed by atoms with Gasteiger partial charge in [-0.1, -0.05) is 36.4 Å². The van der Waals surface area contributed by atoms with Crippen LogP contribution in [0.25, 0.3) is 0 Å². The van der Waals surface area contributed by atoms with Crippen LogP contribution >= 0.6 is 0 Å². The third-order valence-corrected chi connectivity index (χ3v) is 3.46. The van der Waals surface area contributed by atoms with Crippen LogP contribution in [0.2, 0.25) is 0 Å². The molecule has 116 valence electrons. The molecule has 0 aliphatic heterocycles. The molecule has 0 aliphatic carbocycles. The van der Waals surface area contributed by atoms with Gasteiger partial charge in [0.2, 0.25) is 5.91 Å². The van der Waals surface area contributed by atoms with Crippen molar-refractivity contribution in [2.45, 2.75) is 18.9 Å². The molecular formula is C17H22N4O. The fourth-order valence-electron chi connectivity index (χ4n) is 2.07. The van der Waals surface area contributed by atoms with Gasteiger partial charge in [-0.25, -0.2) is 4.98 Å². The molecule has 1 aromatic heterocycles. The first kappa shape index (κ1) is 16.0. The van der Waals surface area contributed by atoms with E-state index in [-0.39, 0.29) is 5.91 Å². The van der Waals surface area contributed by atoms with Crippen LogP contribution in [-0.2, 0) is 10.3 Å². The maximum atomic E-state index is 12.2. The predicted octanol–water partition coefficient (Wildman–Crippen LogP) is 1.87. The number of nitrogens with zero attached hydrogens (tertiary/aromatic N) is 1. The first-order chi connectivity index (χ1) is 10.6. The number of nitrogens with one attached hydrogen (secondary N) is 2. The molecule has 2 rings (SSSR count). The van der Waals surface area contributed by atoms with Gasteiger partial charge in [-0.05, 0) is 31.0 Å². The highest BCUT2D eigenvalue weighted by Gasteiger charge is 2.29. The van der Waals surface area contributed by atoms with E-state index in [0.717, 1.165) is 24.3 Å². The number of amides is 1. The average molecular weight is 298 g/mol. The number of anilines is 1. The summed E-state index contributed by atoms with van der Waals surface area (Å²) >= 11 is 0. The van der Waals surface area contributed by atoms with Crippen molar-refractivity contribution in [1.82, 2.24) is 10.3 Å². The summed E-state index contributed by atoms with van der Waals surface area (Å²) in [6, 6.07) is 15.1. The van der Waals surface area contributed by atoms with Crippen molar-refractivity contribution < 1.29 is 4.79 Å². The normalized spacial score (nSPS) is 13.2. The molecule has 0 spiro atoms. The molecule has 0 bridgehead atoms. The zero-order valence-electron chi connectivity index (χ0n) is 12.8. The second kappa shape index (κ2) is 7.56. The van der Waals surface area contributed by atoms with Gasteiger partial charge in [-0.3, -0.25) is 4.79 Å². The van der Waals surface area contributed by atoms with Gasteiger partial charge in [0, 0.05) is 19.3 Å². The highest BCUT2D eigenvalue weighted by atomic mass is 16.2. The van der Waals surface area contributed by atoms with E-state index in [9.17, 15) is 4.79 Å². The maximum absolute atomic E-state index is 12.2. The zero-order chi connectivity index (χ0) is 15.8. The topological polar surface area (TPSA) is 80.0 Å². The van der Waals surface area contributed by atoms with Crippen LogP contribution in [0.4, 0.5) is 5.82 Å². The monoisotopic (exact) mass is 298 g/mol. The number of nitrogens with two attached hydrogens (primary N) is 1. The Balaban J connectivity index is 1.73. The molecule has 0 saturated carbocycles. The second-order valence-corrected chi connectivity index (χ2v) is 5.32. The Kier molecular flexibility index (Phi) is 5.49. The quantitative estimate of drug-likeness (QED) is 0.682. The lowest BCUT2D eigenvalue weighted by atomic mass is 9.92. The van der Waals surface area contributed by atoms with Gasteiger partial charge in [0.05, 0.1) is 0 Å². The van der Waals surface area contributed by atoms with Gasteiger partial charge in [-0.15, -0.1) is 0 Å². The van der Waals surface area contributed by atoms with Crippen molar-refractivity contribution in [3.63, 3.8) is 0 Å². The molecule has 1 amide bonds. The van der Waals surface area contributed by atoms with E-state index in [0.29, 0.717) is 6.54 Å². The molecule has 0 aliphatic rings. The molecule has 5 heteroatoms. The van der Waals surface area contributed by atoms with Crippen LogP contribution in [0.5, 0.6) is 0 Å². The smallest absolute Gasteiger partial charge is 0.244 e. The molecule has 0 saturated heterocycles. The first-order valence-electron chi connectivity index (χ1n) is 7.38. The lowest BCUT2D eigenvalue weighted by Crippen LogP contribution is -2.49. The lowest BCUT2D eigenvalue weighted by molar-refractivity contribution is -0.126. The molecular weight excluding hydrogens is 276 g/mol. The molecule has 0 radical (unpaired) electrons. The minimum atomic E-state index is -1.02. The summed E-state index contributed by atoms with van der Waals surface area (Å²) in [6.45, 7) is 3.03. The summed E-state index contributed by atoms with van der Waals surface area (Å²) in [5, 5.41) is 6.08. The van der Waals surface area contributed by atoms with Gasteiger partial charge >= 0.3 is 0 Å². The van der Waals surface area contributed by atoms with Gasteiger partial charge in [-0.2, -0.15) is 0 Å². The highest BCUT2D eigenvalue weighted by molar-refractivity contribution is 5.86. The Morgan fingerprint density at radius 3 is 2.55 bits per heavy atom. The number of aromatic nitrogens is 1. The Morgan fingerprint density at radius 1 is 1.14 bits per heavy atom. The summed E-state index contributed by atoms with van der Waals surface area (Å²) in [5.41, 5.74) is 5.94. The van der Waals surface area contributed by atoms with Crippen LogP contribution in [0.3, 0.4) is 0 Å². The molecule has 1 atom stereocenters. The molecule has 0 fully saturated rings. The number of hydrogen-bond donors (Lipinski definition) is 3. The van der Waals surface area contributed by atoms with Crippen molar-refractivity contribution in [3.05, 3.63) is 60.3 Å². The predicted molar refractivity (Wildman–Crippen MR) is 88.3 cm³/mol. The van der Waals surface area contributed by atoms with Crippen molar-refractivity contribution in [2.24, 2.45) is 5.73 Å². The molecule has 4 N–H and O–H groups in total. The maximum Gasteiger partial charge on any atom is 0.244 e. The van der Waals surface area contributed by atoms with Crippen LogP contribution < -0.4 is 16.4 Å². The minimum Gasteiger partial charge on any atom is -0.370 e.